The van der Waals surface area contributed by atoms with Gasteiger partial charge in [0, 0.05) is 12.4 Å². The Morgan fingerprint density at radius 3 is 2.90 bits per heavy atom. The first-order valence-corrected chi connectivity index (χ1v) is 6.45. The van der Waals surface area contributed by atoms with Crippen LogP contribution in [0.2, 0.25) is 0 Å². The number of benzene rings is 1. The average molecular weight is 279 g/mol. The third kappa shape index (κ3) is 3.11. The first kappa shape index (κ1) is 13.0. The number of carbonyl (C=O) groups is 1. The van der Waals surface area contributed by atoms with E-state index in [1.807, 2.05) is 24.3 Å². The van der Waals surface area contributed by atoms with Gasteiger partial charge in [-0.25, -0.2) is 10.4 Å². The third-order valence-corrected chi connectivity index (χ3v) is 2.95. The molecule has 6 heteroatoms. The van der Waals surface area contributed by atoms with Gasteiger partial charge in [0.25, 0.3) is 5.91 Å². The number of nitrogens with zero attached hydrogens (tertiary/aromatic N) is 4. The minimum Gasteiger partial charge on any atom is -0.321 e. The summed E-state index contributed by atoms with van der Waals surface area (Å²) in [7, 11) is 0. The third-order valence-electron chi connectivity index (χ3n) is 2.95. The molecule has 0 aliphatic rings. The van der Waals surface area contributed by atoms with Crippen molar-refractivity contribution in [3.05, 3.63) is 60.7 Å². The molecule has 3 rings (SSSR count). The molecule has 1 amide bonds. The molecule has 0 atom stereocenters. The molecule has 0 saturated carbocycles. The van der Waals surface area contributed by atoms with E-state index in [9.17, 15) is 4.79 Å². The summed E-state index contributed by atoms with van der Waals surface area (Å²) < 4.78 is 1.78. The zero-order valence-corrected chi connectivity index (χ0v) is 11.2. The summed E-state index contributed by atoms with van der Waals surface area (Å²) >= 11 is 0. The summed E-state index contributed by atoms with van der Waals surface area (Å²) in [4.78, 5) is 20.0. The summed E-state index contributed by atoms with van der Waals surface area (Å²) in [5, 5.41) is 3.92. The van der Waals surface area contributed by atoms with Crippen LogP contribution >= 0.6 is 0 Å². The Hall–Kier alpha value is -3.02. The monoisotopic (exact) mass is 279 g/mol. The molecule has 1 aromatic carbocycles. The van der Waals surface area contributed by atoms with E-state index < -0.39 is 0 Å². The maximum Gasteiger partial charge on any atom is 0.260 e. The van der Waals surface area contributed by atoms with Gasteiger partial charge in [-0.15, -0.1) is 0 Å². The number of imidazole rings is 1. The fourth-order valence-electron chi connectivity index (χ4n) is 1.95. The highest BCUT2D eigenvalue weighted by Gasteiger charge is 2.05. The predicted octanol–water partition coefficient (Wildman–Crippen LogP) is 1.58. The van der Waals surface area contributed by atoms with E-state index in [0.717, 1.165) is 16.6 Å². The quantitative estimate of drug-likeness (QED) is 0.582. The van der Waals surface area contributed by atoms with E-state index in [1.54, 1.807) is 41.6 Å². The van der Waals surface area contributed by atoms with Gasteiger partial charge >= 0.3 is 0 Å². The van der Waals surface area contributed by atoms with Crippen molar-refractivity contribution in [1.82, 2.24) is 20.0 Å². The molecule has 21 heavy (non-hydrogen) atoms. The Bertz CT molecular complexity index is 779. The van der Waals surface area contributed by atoms with E-state index in [1.165, 1.54) is 0 Å². The van der Waals surface area contributed by atoms with Crippen molar-refractivity contribution in [1.29, 1.82) is 0 Å². The van der Waals surface area contributed by atoms with Gasteiger partial charge in [0.1, 0.15) is 6.54 Å². The Morgan fingerprint density at radius 2 is 2.05 bits per heavy atom. The highest BCUT2D eigenvalue weighted by atomic mass is 16.2. The van der Waals surface area contributed by atoms with Crippen LogP contribution in [0.1, 0.15) is 5.56 Å². The number of carbonyl (C=O) groups excluding carboxylic acids is 1. The zero-order chi connectivity index (χ0) is 14.5. The number of para-hydroxylation sites is 2. The van der Waals surface area contributed by atoms with Crippen molar-refractivity contribution in [2.45, 2.75) is 6.54 Å². The number of pyridine rings is 1. The predicted molar refractivity (Wildman–Crippen MR) is 79.7 cm³/mol. The van der Waals surface area contributed by atoms with Gasteiger partial charge in [-0.1, -0.05) is 12.1 Å². The highest BCUT2D eigenvalue weighted by Crippen LogP contribution is 2.11. The molecule has 3 aromatic rings. The first-order chi connectivity index (χ1) is 10.3. The maximum absolute atomic E-state index is 11.9. The van der Waals surface area contributed by atoms with Crippen molar-refractivity contribution >= 4 is 23.2 Å². The number of aromatic nitrogens is 3. The molecule has 2 aromatic heterocycles. The van der Waals surface area contributed by atoms with E-state index in [4.69, 9.17) is 0 Å². The highest BCUT2D eigenvalue weighted by molar-refractivity contribution is 5.83. The lowest BCUT2D eigenvalue weighted by atomic mass is 10.3. The number of hydrogen-bond acceptors (Lipinski definition) is 4. The van der Waals surface area contributed by atoms with Gasteiger partial charge in [0.05, 0.1) is 23.6 Å². The van der Waals surface area contributed by atoms with E-state index in [0.29, 0.717) is 0 Å². The average Bonchev–Trinajstić information content (AvgIpc) is 2.92. The Kier molecular flexibility index (Phi) is 3.68. The molecule has 0 aliphatic heterocycles. The van der Waals surface area contributed by atoms with Gasteiger partial charge < -0.3 is 4.57 Å². The van der Waals surface area contributed by atoms with Crippen molar-refractivity contribution in [2.24, 2.45) is 5.10 Å². The lowest BCUT2D eigenvalue weighted by Crippen LogP contribution is -2.22. The van der Waals surface area contributed by atoms with Crippen molar-refractivity contribution < 1.29 is 4.79 Å². The number of rotatable bonds is 4. The number of amides is 1. The minimum atomic E-state index is -0.205. The van der Waals surface area contributed by atoms with Crippen LogP contribution in [0.5, 0.6) is 0 Å². The second kappa shape index (κ2) is 5.96. The van der Waals surface area contributed by atoms with Crippen LogP contribution in [0.15, 0.2) is 60.2 Å². The van der Waals surface area contributed by atoms with E-state index in [-0.39, 0.29) is 12.5 Å². The van der Waals surface area contributed by atoms with Crippen molar-refractivity contribution in [2.75, 3.05) is 0 Å². The molecule has 0 saturated heterocycles. The normalized spacial score (nSPS) is 11.0. The molecule has 0 radical (unpaired) electrons. The number of fused-ring (bicyclic) bond motifs is 1. The summed E-state index contributed by atoms with van der Waals surface area (Å²) in [5.74, 6) is -0.205. The number of nitrogens with one attached hydrogen (secondary N) is 1. The largest absolute Gasteiger partial charge is 0.321 e. The van der Waals surface area contributed by atoms with Crippen LogP contribution in [0.3, 0.4) is 0 Å². The number of hydrogen-bond donors (Lipinski definition) is 1. The fourth-order valence-corrected chi connectivity index (χ4v) is 1.95. The summed E-state index contributed by atoms with van der Waals surface area (Å²) in [5.41, 5.74) is 5.16. The Labute approximate surface area is 121 Å². The molecule has 0 aliphatic carbocycles. The van der Waals surface area contributed by atoms with E-state index >= 15 is 0 Å². The molecular weight excluding hydrogens is 266 g/mol. The lowest BCUT2D eigenvalue weighted by molar-refractivity contribution is -0.121. The van der Waals surface area contributed by atoms with E-state index in [2.05, 4.69) is 20.5 Å². The van der Waals surface area contributed by atoms with Crippen LogP contribution in [0.25, 0.3) is 11.0 Å². The van der Waals surface area contributed by atoms with Gasteiger partial charge in [-0.05, 0) is 29.8 Å². The Balaban J connectivity index is 1.63. The molecule has 2 heterocycles. The second-order valence-electron chi connectivity index (χ2n) is 4.43. The molecule has 0 fully saturated rings. The molecule has 0 bridgehead atoms. The van der Waals surface area contributed by atoms with Crippen molar-refractivity contribution in [3.8, 4) is 0 Å². The standard InChI is InChI=1S/C15H13N5O/c21-15(19-18-9-12-5-7-16-8-6-12)10-20-11-17-13-3-1-2-4-14(13)20/h1-9,11H,10H2,(H,19,21)/b18-9-. The van der Waals surface area contributed by atoms with Gasteiger partial charge in [0.2, 0.25) is 0 Å². The van der Waals surface area contributed by atoms with Gasteiger partial charge in [0.15, 0.2) is 0 Å². The Morgan fingerprint density at radius 1 is 1.24 bits per heavy atom. The summed E-state index contributed by atoms with van der Waals surface area (Å²) in [6, 6.07) is 11.3. The van der Waals surface area contributed by atoms with Crippen LogP contribution in [-0.2, 0) is 11.3 Å². The van der Waals surface area contributed by atoms with Gasteiger partial charge in [-0.3, -0.25) is 9.78 Å². The van der Waals surface area contributed by atoms with Crippen molar-refractivity contribution in [3.63, 3.8) is 0 Å². The molecule has 1 N–H and O–H groups in total. The first-order valence-electron chi connectivity index (χ1n) is 6.45. The molecule has 104 valence electrons. The topological polar surface area (TPSA) is 72.2 Å². The summed E-state index contributed by atoms with van der Waals surface area (Å²) in [6.07, 6.45) is 6.56. The smallest absolute Gasteiger partial charge is 0.260 e. The second-order valence-corrected chi connectivity index (χ2v) is 4.43. The molecular formula is C15H13N5O. The molecule has 0 unspecified atom stereocenters. The molecule has 0 spiro atoms. The number of hydrazone groups is 1. The lowest BCUT2D eigenvalue weighted by Gasteiger charge is -2.02. The van der Waals surface area contributed by atoms with Gasteiger partial charge in [-0.2, -0.15) is 5.10 Å². The fraction of sp³-hybridized carbons (Fsp3) is 0.0667. The van der Waals surface area contributed by atoms with Crippen LogP contribution in [0, 0.1) is 0 Å². The SMILES string of the molecule is O=C(Cn1cnc2ccccc21)N/N=C\c1ccncc1. The summed E-state index contributed by atoms with van der Waals surface area (Å²) in [6.45, 7) is 0.175. The molecule has 6 nitrogen and oxygen atoms in total. The zero-order valence-electron chi connectivity index (χ0n) is 11.2. The van der Waals surface area contributed by atoms with Crippen LogP contribution in [0.4, 0.5) is 0 Å². The minimum absolute atomic E-state index is 0.175. The maximum atomic E-state index is 11.9. The van der Waals surface area contributed by atoms with Crippen LogP contribution < -0.4 is 5.43 Å². The van der Waals surface area contributed by atoms with Crippen LogP contribution in [-0.4, -0.2) is 26.7 Å².